The summed E-state index contributed by atoms with van der Waals surface area (Å²) in [5.74, 6) is 0. The number of anilines is 1. The molecule has 1 aromatic rings. The smallest absolute Gasteiger partial charge is 0.407 e. The number of carbonyl (C=O) groups excluding carboxylic acids is 1. The van der Waals surface area contributed by atoms with Crippen molar-refractivity contribution < 1.29 is 9.53 Å². The Kier molecular flexibility index (Phi) is 4.32. The third kappa shape index (κ3) is 4.09. The highest BCUT2D eigenvalue weighted by Gasteiger charge is 2.27. The number of aromatic nitrogens is 1. The lowest BCUT2D eigenvalue weighted by molar-refractivity contribution is 0.0509. The van der Waals surface area contributed by atoms with E-state index in [-0.39, 0.29) is 6.04 Å². The Balaban J connectivity index is 1.95. The van der Waals surface area contributed by atoms with Gasteiger partial charge in [-0.3, -0.25) is 0 Å². The molecule has 2 rings (SSSR count). The first-order valence-electron chi connectivity index (χ1n) is 6.98. The molecular weight excluding hydrogens is 268 g/mol. The van der Waals surface area contributed by atoms with Crippen molar-refractivity contribution in [2.24, 2.45) is 0 Å². The number of nitrogens with zero attached hydrogens (tertiary/aromatic N) is 3. The van der Waals surface area contributed by atoms with Crippen LogP contribution in [0.15, 0.2) is 18.3 Å². The molecule has 6 nitrogen and oxygen atoms in total. The minimum Gasteiger partial charge on any atom is -0.444 e. The van der Waals surface area contributed by atoms with Crippen molar-refractivity contribution in [3.8, 4) is 6.07 Å². The molecule has 1 aliphatic heterocycles. The maximum atomic E-state index is 11.8. The highest BCUT2D eigenvalue weighted by atomic mass is 16.6. The molecule has 1 fully saturated rings. The van der Waals surface area contributed by atoms with Gasteiger partial charge < -0.3 is 15.0 Å². The number of rotatable bonds is 2. The topological polar surface area (TPSA) is 78.2 Å². The van der Waals surface area contributed by atoms with Crippen molar-refractivity contribution in [2.75, 3.05) is 18.0 Å². The summed E-state index contributed by atoms with van der Waals surface area (Å²) in [5, 5.41) is 12.0. The van der Waals surface area contributed by atoms with Gasteiger partial charge in [0, 0.05) is 19.3 Å². The number of amides is 1. The summed E-state index contributed by atoms with van der Waals surface area (Å²) in [4.78, 5) is 17.9. The zero-order valence-corrected chi connectivity index (χ0v) is 12.6. The van der Waals surface area contributed by atoms with Crippen LogP contribution >= 0.6 is 0 Å². The van der Waals surface area contributed by atoms with Crippen molar-refractivity contribution in [1.29, 1.82) is 5.26 Å². The Morgan fingerprint density at radius 2 is 2.33 bits per heavy atom. The second kappa shape index (κ2) is 6.00. The molecule has 0 bridgehead atoms. The van der Waals surface area contributed by atoms with Gasteiger partial charge in [-0.25, -0.2) is 9.78 Å². The van der Waals surface area contributed by atoms with Gasteiger partial charge in [-0.15, -0.1) is 0 Å². The number of ether oxygens (including phenoxy) is 1. The molecule has 0 radical (unpaired) electrons. The zero-order valence-electron chi connectivity index (χ0n) is 12.6. The van der Waals surface area contributed by atoms with Gasteiger partial charge in [0.15, 0.2) is 5.69 Å². The minimum absolute atomic E-state index is 0.0200. The number of hydrogen-bond donors (Lipinski definition) is 1. The Bertz CT molecular complexity index is 560. The van der Waals surface area contributed by atoms with Crippen LogP contribution in [0.2, 0.25) is 0 Å². The summed E-state index contributed by atoms with van der Waals surface area (Å²) in [5.41, 5.74) is 0.726. The van der Waals surface area contributed by atoms with E-state index in [1.54, 1.807) is 6.20 Å². The van der Waals surface area contributed by atoms with E-state index in [2.05, 4.69) is 21.3 Å². The van der Waals surface area contributed by atoms with Crippen molar-refractivity contribution in [1.82, 2.24) is 10.3 Å². The van der Waals surface area contributed by atoms with Crippen LogP contribution in [0.4, 0.5) is 10.5 Å². The monoisotopic (exact) mass is 288 g/mol. The molecule has 1 aromatic heterocycles. The van der Waals surface area contributed by atoms with Crippen LogP contribution in [-0.4, -0.2) is 35.8 Å². The van der Waals surface area contributed by atoms with Crippen LogP contribution in [0.1, 0.15) is 32.9 Å². The normalized spacial score (nSPS) is 18.2. The van der Waals surface area contributed by atoms with E-state index in [1.165, 1.54) is 0 Å². The van der Waals surface area contributed by atoms with Gasteiger partial charge in [0.2, 0.25) is 0 Å². The molecule has 0 aliphatic carbocycles. The molecular formula is C15H20N4O2. The number of nitriles is 1. The fourth-order valence-corrected chi connectivity index (χ4v) is 2.31. The average Bonchev–Trinajstić information content (AvgIpc) is 2.84. The molecule has 2 heterocycles. The molecule has 0 spiro atoms. The van der Waals surface area contributed by atoms with Crippen molar-refractivity contribution in [3.05, 3.63) is 24.0 Å². The molecule has 21 heavy (non-hydrogen) atoms. The summed E-state index contributed by atoms with van der Waals surface area (Å²) in [6, 6.07) is 5.80. The van der Waals surface area contributed by atoms with Gasteiger partial charge >= 0.3 is 6.09 Å². The number of hydrogen-bond acceptors (Lipinski definition) is 5. The zero-order chi connectivity index (χ0) is 15.5. The quantitative estimate of drug-likeness (QED) is 0.901. The largest absolute Gasteiger partial charge is 0.444 e. The summed E-state index contributed by atoms with van der Waals surface area (Å²) in [7, 11) is 0. The van der Waals surface area contributed by atoms with Crippen molar-refractivity contribution in [2.45, 2.75) is 38.8 Å². The van der Waals surface area contributed by atoms with E-state index in [4.69, 9.17) is 10.00 Å². The van der Waals surface area contributed by atoms with E-state index in [9.17, 15) is 4.79 Å². The van der Waals surface area contributed by atoms with Gasteiger partial charge in [-0.05, 0) is 39.3 Å². The standard InChI is InChI=1S/C15H20N4O2/c1-15(2,3)21-14(20)18-11-6-8-19(10-11)13-5-4-7-17-12(13)9-16/h4-5,7,11H,6,8,10H2,1-3H3,(H,18,20)/t11-/m1/s1. The Labute approximate surface area is 124 Å². The predicted octanol–water partition coefficient (Wildman–Crippen LogP) is 2.06. The third-order valence-electron chi connectivity index (χ3n) is 3.14. The summed E-state index contributed by atoms with van der Waals surface area (Å²) >= 11 is 0. The van der Waals surface area contributed by atoms with Crippen molar-refractivity contribution >= 4 is 11.8 Å². The molecule has 1 N–H and O–H groups in total. The maximum absolute atomic E-state index is 11.8. The number of pyridine rings is 1. The molecule has 0 unspecified atom stereocenters. The van der Waals surface area contributed by atoms with Gasteiger partial charge in [-0.2, -0.15) is 5.26 Å². The van der Waals surface area contributed by atoms with E-state index in [0.29, 0.717) is 12.2 Å². The van der Waals surface area contributed by atoms with Gasteiger partial charge in [0.05, 0.1) is 11.7 Å². The molecule has 6 heteroatoms. The molecule has 0 saturated carbocycles. The molecule has 1 amide bonds. The lowest BCUT2D eigenvalue weighted by atomic mass is 10.2. The predicted molar refractivity (Wildman–Crippen MR) is 78.9 cm³/mol. The van der Waals surface area contributed by atoms with E-state index >= 15 is 0 Å². The summed E-state index contributed by atoms with van der Waals surface area (Å²) in [6.45, 7) is 6.94. The minimum atomic E-state index is -0.500. The molecule has 1 saturated heterocycles. The second-order valence-corrected chi connectivity index (χ2v) is 6.06. The van der Waals surface area contributed by atoms with Gasteiger partial charge in [0.1, 0.15) is 11.7 Å². The van der Waals surface area contributed by atoms with Crippen LogP contribution in [0.25, 0.3) is 0 Å². The number of alkyl carbamates (subject to hydrolysis) is 1. The maximum Gasteiger partial charge on any atom is 0.407 e. The molecule has 1 atom stereocenters. The fraction of sp³-hybridized carbons (Fsp3) is 0.533. The first-order valence-corrected chi connectivity index (χ1v) is 6.98. The fourth-order valence-electron chi connectivity index (χ4n) is 2.31. The van der Waals surface area contributed by atoms with E-state index in [0.717, 1.165) is 18.7 Å². The number of nitrogens with one attached hydrogen (secondary N) is 1. The SMILES string of the molecule is CC(C)(C)OC(=O)N[C@@H]1CCN(c2cccnc2C#N)C1. The highest BCUT2D eigenvalue weighted by molar-refractivity contribution is 5.68. The Morgan fingerprint density at radius 1 is 1.57 bits per heavy atom. The van der Waals surface area contributed by atoms with Crippen LogP contribution in [0, 0.1) is 11.3 Å². The first-order chi connectivity index (χ1) is 9.89. The molecule has 112 valence electrons. The van der Waals surface area contributed by atoms with Gasteiger partial charge in [0.25, 0.3) is 0 Å². The summed E-state index contributed by atoms with van der Waals surface area (Å²) < 4.78 is 5.25. The van der Waals surface area contributed by atoms with Crippen LogP contribution in [0.3, 0.4) is 0 Å². The molecule has 0 aromatic carbocycles. The highest BCUT2D eigenvalue weighted by Crippen LogP contribution is 2.22. The van der Waals surface area contributed by atoms with E-state index in [1.807, 2.05) is 32.9 Å². The molecule has 1 aliphatic rings. The van der Waals surface area contributed by atoms with Crippen LogP contribution in [-0.2, 0) is 4.74 Å². The van der Waals surface area contributed by atoms with Gasteiger partial charge in [-0.1, -0.05) is 0 Å². The van der Waals surface area contributed by atoms with Crippen LogP contribution in [0.5, 0.6) is 0 Å². The summed E-state index contributed by atoms with van der Waals surface area (Å²) in [6.07, 6.45) is 2.02. The van der Waals surface area contributed by atoms with Crippen LogP contribution < -0.4 is 10.2 Å². The second-order valence-electron chi connectivity index (χ2n) is 6.06. The lowest BCUT2D eigenvalue weighted by Crippen LogP contribution is -2.40. The average molecular weight is 288 g/mol. The Morgan fingerprint density at radius 3 is 3.00 bits per heavy atom. The van der Waals surface area contributed by atoms with E-state index < -0.39 is 11.7 Å². The number of carbonyl (C=O) groups is 1. The lowest BCUT2D eigenvalue weighted by Gasteiger charge is -2.22. The third-order valence-corrected chi connectivity index (χ3v) is 3.14. The Hall–Kier alpha value is -2.29. The van der Waals surface area contributed by atoms with Crippen molar-refractivity contribution in [3.63, 3.8) is 0 Å². The first kappa shape index (κ1) is 15.1.